The average Bonchev–Trinajstić information content (AvgIpc) is 2.12. The molecule has 1 rings (SSSR count). The molecule has 4 heteroatoms. The molecule has 0 saturated carbocycles. The number of pyridine rings is 1. The number of rotatable bonds is 4. The third-order valence-corrected chi connectivity index (χ3v) is 3.07. The number of aliphatic hydroxyl groups is 1. The summed E-state index contributed by atoms with van der Waals surface area (Å²) in [7, 11) is 0. The molecule has 0 bridgehead atoms. The molecular formula is C10H16N2OS. The van der Waals surface area contributed by atoms with Crippen LogP contribution < -0.4 is 5.73 Å². The lowest BCUT2D eigenvalue weighted by molar-refractivity contribution is 0.289. The molecule has 1 heterocycles. The summed E-state index contributed by atoms with van der Waals surface area (Å²) in [5, 5.41) is 9.98. The molecule has 0 spiro atoms. The molecule has 3 nitrogen and oxygen atoms in total. The number of hydrogen-bond acceptors (Lipinski definition) is 4. The van der Waals surface area contributed by atoms with Gasteiger partial charge < -0.3 is 10.8 Å². The molecule has 0 aliphatic heterocycles. The lowest BCUT2D eigenvalue weighted by Crippen LogP contribution is -2.02. The number of aliphatic hydroxyl groups excluding tert-OH is 1. The van der Waals surface area contributed by atoms with Crippen molar-refractivity contribution in [1.82, 2.24) is 4.98 Å². The van der Waals surface area contributed by atoms with Gasteiger partial charge in [0.1, 0.15) is 5.03 Å². The van der Waals surface area contributed by atoms with E-state index in [0.29, 0.717) is 10.9 Å². The molecule has 1 aromatic rings. The first-order valence-corrected chi connectivity index (χ1v) is 5.52. The first-order chi connectivity index (χ1) is 6.63. The van der Waals surface area contributed by atoms with Gasteiger partial charge >= 0.3 is 0 Å². The Bertz CT molecular complexity index is 304. The normalized spacial score (nSPS) is 12.8. The van der Waals surface area contributed by atoms with Gasteiger partial charge in [0.25, 0.3) is 0 Å². The van der Waals surface area contributed by atoms with E-state index in [4.69, 9.17) is 10.8 Å². The molecule has 78 valence electrons. The van der Waals surface area contributed by atoms with Crippen molar-refractivity contribution in [1.29, 1.82) is 0 Å². The smallest absolute Gasteiger partial charge is 0.119 e. The summed E-state index contributed by atoms with van der Waals surface area (Å²) >= 11 is 1.61. The number of thioether (sulfide) groups is 1. The summed E-state index contributed by atoms with van der Waals surface area (Å²) in [6.07, 6.45) is 0.764. The van der Waals surface area contributed by atoms with E-state index in [1.54, 1.807) is 11.8 Å². The van der Waals surface area contributed by atoms with E-state index in [2.05, 4.69) is 11.9 Å². The number of nitrogens with zero attached hydrogens (tertiary/aromatic N) is 1. The van der Waals surface area contributed by atoms with Crippen LogP contribution in [-0.4, -0.2) is 21.9 Å². The van der Waals surface area contributed by atoms with Gasteiger partial charge in [-0.25, -0.2) is 4.98 Å². The number of nitrogens with two attached hydrogens (primary N) is 1. The molecule has 1 atom stereocenters. The summed E-state index contributed by atoms with van der Waals surface area (Å²) in [5.41, 5.74) is 7.47. The lowest BCUT2D eigenvalue weighted by Gasteiger charge is -2.10. The third-order valence-electron chi connectivity index (χ3n) is 1.88. The maximum absolute atomic E-state index is 8.77. The molecule has 0 aromatic carbocycles. The van der Waals surface area contributed by atoms with Crippen molar-refractivity contribution in [2.75, 3.05) is 12.3 Å². The van der Waals surface area contributed by atoms with Crippen molar-refractivity contribution >= 4 is 17.4 Å². The summed E-state index contributed by atoms with van der Waals surface area (Å²) in [5.74, 6) is 0. The van der Waals surface area contributed by atoms with Gasteiger partial charge in [-0.15, -0.1) is 11.8 Å². The molecule has 3 N–H and O–H groups in total. The standard InChI is InChI=1S/C10H16N2OS/c1-7-3-4-9(11)10(12-7)14-8(2)5-6-13/h3-4,8,13H,5-6,11H2,1-2H3. The molecule has 1 aromatic heterocycles. The summed E-state index contributed by atoms with van der Waals surface area (Å²) < 4.78 is 0. The molecule has 0 radical (unpaired) electrons. The van der Waals surface area contributed by atoms with Crippen LogP contribution in [-0.2, 0) is 0 Å². The fourth-order valence-corrected chi connectivity index (χ4v) is 2.07. The van der Waals surface area contributed by atoms with E-state index in [1.807, 2.05) is 19.1 Å². The molecule has 0 aliphatic rings. The molecule has 0 amide bonds. The van der Waals surface area contributed by atoms with Gasteiger partial charge in [0.05, 0.1) is 5.69 Å². The third kappa shape index (κ3) is 3.20. The Morgan fingerprint density at radius 1 is 1.57 bits per heavy atom. The van der Waals surface area contributed by atoms with Crippen LogP contribution in [0, 0.1) is 6.92 Å². The van der Waals surface area contributed by atoms with Gasteiger partial charge in [0.2, 0.25) is 0 Å². The van der Waals surface area contributed by atoms with E-state index in [-0.39, 0.29) is 6.61 Å². The maximum atomic E-state index is 8.77. The predicted octanol–water partition coefficient (Wildman–Crippen LogP) is 1.84. The highest BCUT2D eigenvalue weighted by Gasteiger charge is 2.07. The minimum absolute atomic E-state index is 0.208. The van der Waals surface area contributed by atoms with E-state index >= 15 is 0 Å². The van der Waals surface area contributed by atoms with Gasteiger partial charge in [0, 0.05) is 17.6 Å². The highest BCUT2D eigenvalue weighted by atomic mass is 32.2. The van der Waals surface area contributed by atoms with E-state index < -0.39 is 0 Å². The number of aryl methyl sites for hydroxylation is 1. The number of anilines is 1. The monoisotopic (exact) mass is 212 g/mol. The van der Waals surface area contributed by atoms with Crippen LogP contribution in [0.2, 0.25) is 0 Å². The van der Waals surface area contributed by atoms with Crippen LogP contribution in [0.15, 0.2) is 17.2 Å². The second kappa shape index (κ2) is 5.22. The molecule has 0 fully saturated rings. The number of nitrogen functional groups attached to an aromatic ring is 1. The minimum Gasteiger partial charge on any atom is -0.397 e. The van der Waals surface area contributed by atoms with E-state index in [9.17, 15) is 0 Å². The van der Waals surface area contributed by atoms with E-state index in [1.165, 1.54) is 0 Å². The van der Waals surface area contributed by atoms with Crippen LogP contribution in [0.1, 0.15) is 19.0 Å². The van der Waals surface area contributed by atoms with Crippen LogP contribution in [0.3, 0.4) is 0 Å². The molecule has 0 saturated heterocycles. The fourth-order valence-electron chi connectivity index (χ4n) is 1.07. The largest absolute Gasteiger partial charge is 0.397 e. The predicted molar refractivity (Wildman–Crippen MR) is 60.4 cm³/mol. The summed E-state index contributed by atoms with van der Waals surface area (Å²) in [6.45, 7) is 4.21. The van der Waals surface area contributed by atoms with Crippen LogP contribution in [0.5, 0.6) is 0 Å². The highest BCUT2D eigenvalue weighted by molar-refractivity contribution is 8.00. The van der Waals surface area contributed by atoms with Crippen molar-refractivity contribution in [3.8, 4) is 0 Å². The van der Waals surface area contributed by atoms with Crippen LogP contribution >= 0.6 is 11.8 Å². The Kier molecular flexibility index (Phi) is 4.22. The Labute approximate surface area is 88.7 Å². The van der Waals surface area contributed by atoms with Crippen LogP contribution in [0.25, 0.3) is 0 Å². The second-order valence-corrected chi connectivity index (χ2v) is 4.71. The SMILES string of the molecule is Cc1ccc(N)c(SC(C)CCO)n1. The lowest BCUT2D eigenvalue weighted by atomic mass is 10.3. The maximum Gasteiger partial charge on any atom is 0.119 e. The zero-order chi connectivity index (χ0) is 10.6. The minimum atomic E-state index is 0.208. The Hall–Kier alpha value is -0.740. The quantitative estimate of drug-likeness (QED) is 0.748. The van der Waals surface area contributed by atoms with Crippen molar-refractivity contribution < 1.29 is 5.11 Å². The molecular weight excluding hydrogens is 196 g/mol. The molecule has 0 aliphatic carbocycles. The average molecular weight is 212 g/mol. The first kappa shape index (κ1) is 11.3. The van der Waals surface area contributed by atoms with Gasteiger partial charge in [-0.3, -0.25) is 0 Å². The summed E-state index contributed by atoms with van der Waals surface area (Å²) in [6, 6.07) is 3.77. The van der Waals surface area contributed by atoms with E-state index in [0.717, 1.165) is 17.1 Å². The van der Waals surface area contributed by atoms with Crippen molar-refractivity contribution in [3.63, 3.8) is 0 Å². The van der Waals surface area contributed by atoms with Gasteiger partial charge in [-0.2, -0.15) is 0 Å². The Balaban J connectivity index is 2.70. The Morgan fingerprint density at radius 2 is 2.29 bits per heavy atom. The second-order valence-electron chi connectivity index (χ2n) is 3.29. The molecule has 1 unspecified atom stereocenters. The number of aromatic nitrogens is 1. The Morgan fingerprint density at radius 3 is 2.93 bits per heavy atom. The zero-order valence-corrected chi connectivity index (χ0v) is 9.34. The summed E-state index contributed by atoms with van der Waals surface area (Å²) in [4.78, 5) is 4.35. The first-order valence-electron chi connectivity index (χ1n) is 4.64. The molecule has 14 heavy (non-hydrogen) atoms. The van der Waals surface area contributed by atoms with Gasteiger partial charge in [0.15, 0.2) is 0 Å². The van der Waals surface area contributed by atoms with Crippen molar-refractivity contribution in [2.24, 2.45) is 0 Å². The highest BCUT2D eigenvalue weighted by Crippen LogP contribution is 2.28. The van der Waals surface area contributed by atoms with Crippen molar-refractivity contribution in [3.05, 3.63) is 17.8 Å². The van der Waals surface area contributed by atoms with Crippen molar-refractivity contribution in [2.45, 2.75) is 30.5 Å². The topological polar surface area (TPSA) is 59.1 Å². The van der Waals surface area contributed by atoms with Crippen LogP contribution in [0.4, 0.5) is 5.69 Å². The van der Waals surface area contributed by atoms with Gasteiger partial charge in [-0.1, -0.05) is 6.92 Å². The number of hydrogen-bond donors (Lipinski definition) is 2. The zero-order valence-electron chi connectivity index (χ0n) is 8.53. The fraction of sp³-hybridized carbons (Fsp3) is 0.500. The van der Waals surface area contributed by atoms with Gasteiger partial charge in [-0.05, 0) is 25.5 Å².